The van der Waals surface area contributed by atoms with E-state index in [1.54, 1.807) is 11.3 Å². The minimum Gasteiger partial charge on any atom is -0.381 e. The van der Waals surface area contributed by atoms with Crippen LogP contribution in [0, 0.1) is 0 Å². The maximum absolute atomic E-state index is 5.07. The van der Waals surface area contributed by atoms with E-state index in [1.165, 1.54) is 29.3 Å². The van der Waals surface area contributed by atoms with Crippen molar-refractivity contribution >= 4 is 21.4 Å². The van der Waals surface area contributed by atoms with E-state index in [2.05, 4.69) is 35.7 Å². The molecule has 0 spiro atoms. The van der Waals surface area contributed by atoms with E-state index < -0.39 is 0 Å². The number of hydrogen-bond donors (Lipinski definition) is 0. The van der Waals surface area contributed by atoms with Crippen molar-refractivity contribution in [2.24, 2.45) is 0 Å². The van der Waals surface area contributed by atoms with E-state index in [0.717, 1.165) is 13.2 Å². The van der Waals surface area contributed by atoms with E-state index >= 15 is 0 Å². The van der Waals surface area contributed by atoms with Gasteiger partial charge in [-0.05, 0) is 42.2 Å². The summed E-state index contributed by atoms with van der Waals surface area (Å²) in [6.45, 7) is 2.00. The molecule has 3 rings (SSSR count). The Bertz CT molecular complexity index is 348. The molecule has 0 radical (unpaired) electrons. The zero-order valence-corrected chi connectivity index (χ0v) is 9.63. The van der Waals surface area contributed by atoms with Gasteiger partial charge in [-0.25, -0.2) is 0 Å². The second-order valence-electron chi connectivity index (χ2n) is 3.63. The molecule has 1 aliphatic heterocycles. The highest BCUT2D eigenvalue weighted by atomic mass is 32.1. The van der Waals surface area contributed by atoms with Gasteiger partial charge in [0, 0.05) is 17.9 Å². The monoisotopic (exact) mass is 220 g/mol. The fraction of sp³-hybridized carbons (Fsp3) is 0.385. The molecular formula is C13H16OS. The smallest absolute Gasteiger partial charge is 0.0466 e. The minimum atomic E-state index is 1.00. The Morgan fingerprint density at radius 3 is 2.33 bits per heavy atom. The van der Waals surface area contributed by atoms with Crippen molar-refractivity contribution in [3.05, 3.63) is 35.7 Å². The van der Waals surface area contributed by atoms with Gasteiger partial charge in [0.15, 0.2) is 0 Å². The molecule has 0 aliphatic carbocycles. The average Bonchev–Trinajstić information content (AvgIpc) is 2.80. The first-order valence-electron chi connectivity index (χ1n) is 5.47. The highest BCUT2D eigenvalue weighted by molar-refractivity contribution is 7.17. The van der Waals surface area contributed by atoms with E-state index in [1.807, 2.05) is 0 Å². The molecule has 0 unspecified atom stereocenters. The maximum Gasteiger partial charge on any atom is 0.0466 e. The Hall–Kier alpha value is -0.860. The first-order chi connectivity index (χ1) is 7.47. The molecule has 2 heterocycles. The van der Waals surface area contributed by atoms with Crippen molar-refractivity contribution in [1.82, 2.24) is 0 Å². The molecule has 15 heavy (non-hydrogen) atoms. The third-order valence-corrected chi connectivity index (χ3v) is 3.34. The van der Waals surface area contributed by atoms with Crippen LogP contribution in [0.15, 0.2) is 35.7 Å². The summed E-state index contributed by atoms with van der Waals surface area (Å²) in [6.07, 6.45) is 3.93. The fourth-order valence-electron chi connectivity index (χ4n) is 1.59. The van der Waals surface area contributed by atoms with Gasteiger partial charge >= 0.3 is 0 Å². The molecule has 1 aliphatic rings. The summed E-state index contributed by atoms with van der Waals surface area (Å²) in [5, 5.41) is 3.47. The van der Waals surface area contributed by atoms with Gasteiger partial charge in [0.25, 0.3) is 0 Å². The second-order valence-corrected chi connectivity index (χ2v) is 4.58. The van der Waals surface area contributed by atoms with E-state index in [9.17, 15) is 0 Å². The minimum absolute atomic E-state index is 1.00. The van der Waals surface area contributed by atoms with Gasteiger partial charge in [-0.1, -0.05) is 18.2 Å². The molecule has 1 nitrogen and oxygen atoms in total. The van der Waals surface area contributed by atoms with Gasteiger partial charge < -0.3 is 4.74 Å². The zero-order chi connectivity index (χ0) is 10.3. The number of thiophene rings is 1. The first kappa shape index (κ1) is 10.7. The van der Waals surface area contributed by atoms with Crippen LogP contribution in [0.2, 0.25) is 0 Å². The SMILES string of the molecule is C1CCOCC1.c1ccc2sccc2c1. The molecule has 2 aromatic rings. The summed E-state index contributed by atoms with van der Waals surface area (Å²) in [6, 6.07) is 10.5. The lowest BCUT2D eigenvalue weighted by molar-refractivity contribution is 0.0968. The number of benzene rings is 1. The van der Waals surface area contributed by atoms with Crippen LogP contribution in [0.1, 0.15) is 19.3 Å². The van der Waals surface area contributed by atoms with Crippen molar-refractivity contribution in [3.63, 3.8) is 0 Å². The molecule has 0 saturated carbocycles. The van der Waals surface area contributed by atoms with Gasteiger partial charge in [0.1, 0.15) is 0 Å². The highest BCUT2D eigenvalue weighted by Crippen LogP contribution is 2.18. The number of ether oxygens (including phenoxy) is 1. The van der Waals surface area contributed by atoms with Crippen LogP contribution in [0.3, 0.4) is 0 Å². The molecule has 0 amide bonds. The van der Waals surface area contributed by atoms with Gasteiger partial charge in [-0.15, -0.1) is 11.3 Å². The van der Waals surface area contributed by atoms with E-state index in [4.69, 9.17) is 4.74 Å². The third kappa shape index (κ3) is 3.33. The van der Waals surface area contributed by atoms with Crippen LogP contribution in [0.25, 0.3) is 10.1 Å². The predicted octanol–water partition coefficient (Wildman–Crippen LogP) is 4.09. The largest absolute Gasteiger partial charge is 0.381 e. The Labute approximate surface area is 94.7 Å². The molecule has 1 aromatic carbocycles. The molecule has 80 valence electrons. The van der Waals surface area contributed by atoms with Crippen molar-refractivity contribution < 1.29 is 4.74 Å². The van der Waals surface area contributed by atoms with Gasteiger partial charge in [-0.3, -0.25) is 0 Å². The van der Waals surface area contributed by atoms with Crippen LogP contribution < -0.4 is 0 Å². The quantitative estimate of drug-likeness (QED) is 0.650. The summed E-state index contributed by atoms with van der Waals surface area (Å²) in [5.74, 6) is 0. The summed E-state index contributed by atoms with van der Waals surface area (Å²) in [4.78, 5) is 0. The van der Waals surface area contributed by atoms with Crippen molar-refractivity contribution in [2.45, 2.75) is 19.3 Å². The average molecular weight is 220 g/mol. The molecule has 0 N–H and O–H groups in total. The predicted molar refractivity (Wildman–Crippen MR) is 66.5 cm³/mol. The lowest BCUT2D eigenvalue weighted by atomic mass is 10.2. The molecule has 0 atom stereocenters. The van der Waals surface area contributed by atoms with Crippen LogP contribution in [0.5, 0.6) is 0 Å². The number of fused-ring (bicyclic) bond motifs is 1. The second kappa shape index (κ2) is 5.89. The lowest BCUT2D eigenvalue weighted by Gasteiger charge is -2.08. The van der Waals surface area contributed by atoms with Crippen molar-refractivity contribution in [3.8, 4) is 0 Å². The molecule has 0 bridgehead atoms. The molecule has 1 fully saturated rings. The van der Waals surface area contributed by atoms with Crippen LogP contribution in [0.4, 0.5) is 0 Å². The van der Waals surface area contributed by atoms with E-state index in [0.29, 0.717) is 0 Å². The Kier molecular flexibility index (Phi) is 4.18. The molecule has 2 heteroatoms. The van der Waals surface area contributed by atoms with E-state index in [-0.39, 0.29) is 0 Å². The Morgan fingerprint density at radius 1 is 0.933 bits per heavy atom. The topological polar surface area (TPSA) is 9.23 Å². The zero-order valence-electron chi connectivity index (χ0n) is 8.82. The molecular weight excluding hydrogens is 204 g/mol. The van der Waals surface area contributed by atoms with Crippen LogP contribution >= 0.6 is 11.3 Å². The third-order valence-electron chi connectivity index (χ3n) is 2.44. The number of hydrogen-bond acceptors (Lipinski definition) is 2. The summed E-state index contributed by atoms with van der Waals surface area (Å²) in [5.41, 5.74) is 0. The van der Waals surface area contributed by atoms with Crippen LogP contribution in [-0.4, -0.2) is 13.2 Å². The highest BCUT2D eigenvalue weighted by Gasteiger charge is 1.95. The normalized spacial score (nSPS) is 15.7. The summed E-state index contributed by atoms with van der Waals surface area (Å²) >= 11 is 1.79. The Morgan fingerprint density at radius 2 is 1.73 bits per heavy atom. The molecule has 1 saturated heterocycles. The standard InChI is InChI=1S/C8H6S.C5H10O/c1-2-4-8-7(3-1)5-6-9-8;1-2-4-6-5-3-1/h1-6H;1-5H2. The lowest BCUT2D eigenvalue weighted by Crippen LogP contribution is -2.03. The van der Waals surface area contributed by atoms with Gasteiger partial charge in [0.2, 0.25) is 0 Å². The summed E-state index contributed by atoms with van der Waals surface area (Å²) in [7, 11) is 0. The van der Waals surface area contributed by atoms with Crippen molar-refractivity contribution in [2.75, 3.05) is 13.2 Å². The number of rotatable bonds is 0. The van der Waals surface area contributed by atoms with Gasteiger partial charge in [-0.2, -0.15) is 0 Å². The first-order valence-corrected chi connectivity index (χ1v) is 6.35. The fourth-order valence-corrected chi connectivity index (χ4v) is 2.38. The van der Waals surface area contributed by atoms with Gasteiger partial charge in [0.05, 0.1) is 0 Å². The van der Waals surface area contributed by atoms with Crippen molar-refractivity contribution in [1.29, 1.82) is 0 Å². The van der Waals surface area contributed by atoms with Crippen LogP contribution in [-0.2, 0) is 4.74 Å². The summed E-state index contributed by atoms with van der Waals surface area (Å²) < 4.78 is 6.44. The maximum atomic E-state index is 5.07. The molecule has 1 aromatic heterocycles. The Balaban J connectivity index is 0.000000124.